The molecule has 464 valence electrons. The zero-order chi connectivity index (χ0) is 62.7. The fourth-order valence-electron chi connectivity index (χ4n) is 10.4. The number of imidazole rings is 1. The number of aliphatic hydroxyl groups excluding tert-OH is 1. The van der Waals surface area contributed by atoms with Crippen LogP contribution in [0.4, 0.5) is 0 Å². The Balaban J connectivity index is 1.14. The molecule has 0 aliphatic carbocycles. The highest BCUT2D eigenvalue weighted by Gasteiger charge is 2.40. The van der Waals surface area contributed by atoms with Gasteiger partial charge >= 0.3 is 0 Å². The van der Waals surface area contributed by atoms with Crippen LogP contribution in [0.5, 0.6) is 5.75 Å². The summed E-state index contributed by atoms with van der Waals surface area (Å²) in [6, 6.07) is 9.54. The maximum Gasteiger partial charge on any atom is 0.245 e. The van der Waals surface area contributed by atoms with Crippen molar-refractivity contribution in [2.75, 3.05) is 26.2 Å². The highest BCUT2D eigenvalue weighted by atomic mass is 16.3. The number of primary amides is 1. The van der Waals surface area contributed by atoms with Crippen molar-refractivity contribution in [2.45, 2.75) is 120 Å². The van der Waals surface area contributed by atoms with Crippen molar-refractivity contribution < 1.29 is 53.4 Å². The van der Waals surface area contributed by atoms with E-state index in [2.05, 4.69) is 62.1 Å². The molecule has 1 aliphatic heterocycles. The number of amides is 9. The third-order valence-electron chi connectivity index (χ3n) is 14.8. The van der Waals surface area contributed by atoms with Crippen LogP contribution in [0, 0.1) is 5.92 Å². The van der Waals surface area contributed by atoms with Gasteiger partial charge in [0.1, 0.15) is 48.0 Å². The lowest BCUT2D eigenvalue weighted by Crippen LogP contribution is -2.61. The lowest BCUT2D eigenvalue weighted by atomic mass is 9.99. The summed E-state index contributed by atoms with van der Waals surface area (Å²) in [5.74, 6) is -7.61. The highest BCUT2D eigenvalue weighted by molar-refractivity contribution is 5.99. The summed E-state index contributed by atoms with van der Waals surface area (Å²) in [4.78, 5) is 145. The molecule has 0 saturated carbocycles. The standard InChI is InChI=1S/C59H77N17O11/c1-32(2)21-44(52(81)70-43(13-7-19-65-59(62)63)58(87)76-20-8-14-49(76)57(86)68-29-50(61)79)72-54(83)47(24-35-27-67-42-12-6-4-10-39(35)42)74-53(82)45(22-33-15-17-37(78)18-16-33)73-56(85)48(30-77)75-55(84)46(23-34-26-66-41-11-5-3-9-38(34)41)71-51(80)40(60)25-36-28-64-31-69-36/h3-6,9-12,15-18,26-28,31-32,40,43-49,66-67,77-78H,7-8,13-14,19-25,29-30,60H2,1-2H3,(H2,61,79)(H,64,69)(H,68,86)(H,70,81)(H,71,80)(H,72,83)(H,73,85)(H,74,82)(H,75,84)(H4,62,63,65)/t40-,43-,44+,45+,46+,47-,48-,49-/m0/s1. The minimum absolute atomic E-state index is 0.00812. The van der Waals surface area contributed by atoms with Crippen molar-refractivity contribution in [1.82, 2.24) is 62.1 Å². The predicted molar refractivity (Wildman–Crippen MR) is 321 cm³/mol. The monoisotopic (exact) mass is 1200 g/mol. The molecule has 1 fully saturated rings. The molecule has 3 aromatic carbocycles. The van der Waals surface area contributed by atoms with Gasteiger partial charge in [-0.25, -0.2) is 4.98 Å². The van der Waals surface area contributed by atoms with Gasteiger partial charge in [0.25, 0.3) is 0 Å². The number of likely N-dealkylation sites (tertiary alicyclic amines) is 1. The summed E-state index contributed by atoms with van der Waals surface area (Å²) >= 11 is 0. The number of nitrogens with one attached hydrogen (secondary N) is 10. The summed E-state index contributed by atoms with van der Waals surface area (Å²) in [6.45, 7) is 2.45. The number of carbonyl (C=O) groups is 9. The molecule has 9 amide bonds. The van der Waals surface area contributed by atoms with E-state index in [1.54, 1.807) is 18.5 Å². The Morgan fingerprint density at radius 2 is 1.20 bits per heavy atom. The first kappa shape index (κ1) is 64.7. The minimum atomic E-state index is -1.72. The van der Waals surface area contributed by atoms with Gasteiger partial charge in [-0.1, -0.05) is 62.4 Å². The maximum absolute atomic E-state index is 15.0. The van der Waals surface area contributed by atoms with Crippen molar-refractivity contribution in [1.29, 1.82) is 0 Å². The van der Waals surface area contributed by atoms with E-state index in [4.69, 9.17) is 22.9 Å². The van der Waals surface area contributed by atoms with Crippen molar-refractivity contribution in [3.8, 4) is 5.75 Å². The number of para-hydroxylation sites is 2. The fourth-order valence-corrected chi connectivity index (χ4v) is 10.4. The number of H-pyrrole nitrogens is 3. The second-order valence-corrected chi connectivity index (χ2v) is 21.9. The summed E-state index contributed by atoms with van der Waals surface area (Å²) in [6.07, 6.45) is 6.82. The molecule has 0 spiro atoms. The number of nitrogens with two attached hydrogens (primary N) is 4. The Bertz CT molecular complexity index is 3400. The smallest absolute Gasteiger partial charge is 0.245 e. The average Bonchev–Trinajstić information content (AvgIpc) is 2.76. The Hall–Kier alpha value is -9.83. The van der Waals surface area contributed by atoms with E-state index in [9.17, 15) is 53.4 Å². The molecule has 7 rings (SSSR count). The molecular weight excluding hydrogens is 1120 g/mol. The number of aliphatic hydroxyl groups is 1. The Labute approximate surface area is 500 Å². The van der Waals surface area contributed by atoms with Crippen LogP contribution in [-0.2, 0) is 68.8 Å². The first-order valence-electron chi connectivity index (χ1n) is 28.6. The maximum atomic E-state index is 15.0. The highest BCUT2D eigenvalue weighted by Crippen LogP contribution is 2.23. The molecule has 3 aromatic heterocycles. The van der Waals surface area contributed by atoms with E-state index in [0.717, 1.165) is 10.9 Å². The molecule has 87 heavy (non-hydrogen) atoms. The lowest BCUT2D eigenvalue weighted by molar-refractivity contribution is -0.142. The summed E-state index contributed by atoms with van der Waals surface area (Å²) < 4.78 is 0. The number of rotatable bonds is 31. The molecule has 6 aromatic rings. The number of aromatic hydroxyl groups is 1. The molecule has 1 saturated heterocycles. The molecular formula is C59H77N17O11. The van der Waals surface area contributed by atoms with Crippen LogP contribution in [0.2, 0.25) is 0 Å². The van der Waals surface area contributed by atoms with Crippen molar-refractivity contribution in [3.05, 3.63) is 120 Å². The molecule has 28 heteroatoms. The molecule has 28 nitrogen and oxygen atoms in total. The number of aromatic nitrogens is 4. The van der Waals surface area contributed by atoms with Gasteiger partial charge in [0.15, 0.2) is 5.96 Å². The molecule has 4 heterocycles. The lowest BCUT2D eigenvalue weighted by Gasteiger charge is -2.30. The van der Waals surface area contributed by atoms with Crippen LogP contribution in [0.3, 0.4) is 0 Å². The van der Waals surface area contributed by atoms with Crippen LogP contribution >= 0.6 is 0 Å². The molecule has 0 unspecified atom stereocenters. The Morgan fingerprint density at radius 3 is 1.75 bits per heavy atom. The number of benzene rings is 3. The zero-order valence-corrected chi connectivity index (χ0v) is 48.3. The normalized spacial score (nSPS) is 15.5. The number of aromatic amines is 3. The SMILES string of the molecule is CC(C)C[C@@H](NC(=O)[C@H](Cc1c[nH]c2ccccc12)NC(=O)[C@@H](Cc1ccc(O)cc1)NC(=O)[C@H](CO)NC(=O)[C@@H](Cc1c[nH]c2ccccc12)NC(=O)[C@@H](N)Cc1cnc[nH]1)C(=O)N[C@@H](CCCN=C(N)N)C(=O)N1CCC[C@H]1C(=O)NCC(N)=O. The third kappa shape index (κ3) is 18.3. The van der Waals surface area contributed by atoms with Crippen LogP contribution in [0.25, 0.3) is 21.8 Å². The van der Waals surface area contributed by atoms with E-state index in [1.807, 2.05) is 56.3 Å². The third-order valence-corrected chi connectivity index (χ3v) is 14.8. The molecule has 8 atom stereocenters. The van der Waals surface area contributed by atoms with Crippen molar-refractivity contribution in [2.24, 2.45) is 33.8 Å². The number of guanidine groups is 1. The van der Waals surface area contributed by atoms with Crippen LogP contribution < -0.4 is 60.2 Å². The Morgan fingerprint density at radius 1 is 0.667 bits per heavy atom. The number of nitrogens with zero attached hydrogens (tertiary/aromatic N) is 3. The number of fused-ring (bicyclic) bond motifs is 2. The molecule has 1 aliphatic rings. The number of phenols is 1. The number of hydrogen-bond acceptors (Lipinski definition) is 14. The van der Waals surface area contributed by atoms with Crippen molar-refractivity contribution >= 4 is 80.9 Å². The van der Waals surface area contributed by atoms with Gasteiger partial charge in [0.05, 0.1) is 25.5 Å². The first-order valence-corrected chi connectivity index (χ1v) is 28.6. The van der Waals surface area contributed by atoms with Gasteiger partial charge in [-0.15, -0.1) is 0 Å². The van der Waals surface area contributed by atoms with Gasteiger partial charge in [0, 0.05) is 84.9 Å². The van der Waals surface area contributed by atoms with E-state index < -0.39 is 115 Å². The van der Waals surface area contributed by atoms with Crippen LogP contribution in [-0.4, -0.2) is 169 Å². The van der Waals surface area contributed by atoms with E-state index in [1.165, 1.54) is 41.7 Å². The molecule has 0 radical (unpaired) electrons. The van der Waals surface area contributed by atoms with E-state index in [-0.39, 0.29) is 82.1 Å². The number of carbonyl (C=O) groups excluding carboxylic acids is 9. The molecule has 0 bridgehead atoms. The van der Waals surface area contributed by atoms with Crippen LogP contribution in [0.15, 0.2) is 103 Å². The van der Waals surface area contributed by atoms with E-state index >= 15 is 0 Å². The van der Waals surface area contributed by atoms with Crippen LogP contribution in [0.1, 0.15) is 68.3 Å². The first-order chi connectivity index (χ1) is 41.7. The quantitative estimate of drug-likeness (QED) is 0.0131. The number of hydrogen-bond donors (Lipinski definition) is 16. The predicted octanol–water partition coefficient (Wildman–Crippen LogP) is -1.73. The number of aliphatic imine (C=N–C) groups is 1. The minimum Gasteiger partial charge on any atom is -0.508 e. The zero-order valence-electron chi connectivity index (χ0n) is 48.3. The average molecular weight is 1200 g/mol. The van der Waals surface area contributed by atoms with Gasteiger partial charge in [-0.05, 0) is 79.0 Å². The van der Waals surface area contributed by atoms with Gasteiger partial charge < -0.3 is 90.2 Å². The summed E-state index contributed by atoms with van der Waals surface area (Å²) in [7, 11) is 0. The second kappa shape index (κ2) is 30.8. The van der Waals surface area contributed by atoms with Gasteiger partial charge in [-0.3, -0.25) is 48.1 Å². The topological polar surface area (TPSA) is 458 Å². The van der Waals surface area contributed by atoms with Crippen molar-refractivity contribution in [3.63, 3.8) is 0 Å². The number of phenolic OH excluding ortho intramolecular Hbond substituents is 1. The fraction of sp³-hybridized carbons (Fsp3) is 0.407. The van der Waals surface area contributed by atoms with Gasteiger partial charge in [-0.2, -0.15) is 0 Å². The largest absolute Gasteiger partial charge is 0.508 e. The summed E-state index contributed by atoms with van der Waals surface area (Å²) in [5, 5.41) is 41.1. The molecule has 20 N–H and O–H groups in total. The van der Waals surface area contributed by atoms with E-state index in [0.29, 0.717) is 39.7 Å². The van der Waals surface area contributed by atoms with Gasteiger partial charge in [0.2, 0.25) is 53.2 Å². The summed E-state index contributed by atoms with van der Waals surface area (Å²) in [5.41, 5.74) is 26.4. The Kier molecular flexibility index (Phi) is 22.9. The second-order valence-electron chi connectivity index (χ2n) is 21.9.